The Morgan fingerprint density at radius 2 is 0.875 bits per heavy atom. The lowest BCUT2D eigenvalue weighted by atomic mass is 9.82. The normalized spacial score (nSPS) is 12.6. The maximum Gasteiger partial charge on any atom is 0.0540 e. The van der Waals surface area contributed by atoms with Gasteiger partial charge in [-0.3, -0.25) is 0 Å². The van der Waals surface area contributed by atoms with Crippen LogP contribution in [0.3, 0.4) is 0 Å². The van der Waals surface area contributed by atoms with Gasteiger partial charge in [0, 0.05) is 22.4 Å². The fourth-order valence-electron chi connectivity index (χ4n) is 8.99. The summed E-state index contributed by atoms with van der Waals surface area (Å²) >= 11 is 0. The zero-order valence-electron chi connectivity index (χ0n) is 31.7. The van der Waals surface area contributed by atoms with Crippen molar-refractivity contribution in [1.29, 1.82) is 0 Å². The maximum absolute atomic E-state index is 2.47. The molecule has 0 atom stereocenters. The molecule has 0 radical (unpaired) electrons. The molecule has 56 heavy (non-hydrogen) atoms. The van der Waals surface area contributed by atoms with Crippen LogP contribution in [0.4, 0.5) is 17.1 Å². The van der Waals surface area contributed by atoms with E-state index in [4.69, 9.17) is 0 Å². The van der Waals surface area contributed by atoms with E-state index < -0.39 is 0 Å². The van der Waals surface area contributed by atoms with E-state index in [2.05, 4.69) is 231 Å². The van der Waals surface area contributed by atoms with Gasteiger partial charge in [-0.2, -0.15) is 0 Å². The summed E-state index contributed by atoms with van der Waals surface area (Å²) in [4.78, 5) is 2.47. The third-order valence-electron chi connectivity index (χ3n) is 11.7. The Morgan fingerprint density at radius 1 is 0.339 bits per heavy atom. The van der Waals surface area contributed by atoms with E-state index in [1.807, 2.05) is 0 Å². The molecule has 0 amide bonds. The second-order valence-corrected chi connectivity index (χ2v) is 15.3. The number of rotatable bonds is 7. The molecule has 9 aromatic carbocycles. The molecule has 0 bridgehead atoms. The third-order valence-corrected chi connectivity index (χ3v) is 11.7. The van der Waals surface area contributed by atoms with Gasteiger partial charge in [0.05, 0.1) is 5.69 Å². The predicted molar refractivity (Wildman–Crippen MR) is 238 cm³/mol. The molecule has 0 fully saturated rings. The summed E-state index contributed by atoms with van der Waals surface area (Å²) in [7, 11) is 0. The van der Waals surface area contributed by atoms with Crippen molar-refractivity contribution < 1.29 is 0 Å². The zero-order chi connectivity index (χ0) is 37.6. The van der Waals surface area contributed by atoms with Crippen molar-refractivity contribution in [1.82, 2.24) is 0 Å². The largest absolute Gasteiger partial charge is 0.310 e. The lowest BCUT2D eigenvalue weighted by molar-refractivity contribution is 0.660. The van der Waals surface area contributed by atoms with Gasteiger partial charge in [0.15, 0.2) is 0 Å². The molecule has 1 aliphatic carbocycles. The Morgan fingerprint density at radius 3 is 1.61 bits per heavy atom. The minimum atomic E-state index is -0.138. The highest BCUT2D eigenvalue weighted by atomic mass is 15.1. The first-order valence-electron chi connectivity index (χ1n) is 19.5. The number of fused-ring (bicyclic) bond motifs is 4. The molecule has 266 valence electrons. The number of para-hydroxylation sites is 1. The Labute approximate surface area is 329 Å². The number of hydrogen-bond donors (Lipinski definition) is 0. The minimum Gasteiger partial charge on any atom is -0.310 e. The Balaban J connectivity index is 1.23. The Hall–Kier alpha value is -6.96. The Bertz CT molecular complexity index is 2860. The fourth-order valence-corrected chi connectivity index (χ4v) is 8.99. The molecular weight excluding hydrogens is 675 g/mol. The molecule has 1 nitrogen and oxygen atoms in total. The van der Waals surface area contributed by atoms with E-state index in [0.717, 1.165) is 17.1 Å². The molecule has 9 aromatic rings. The lowest BCUT2D eigenvalue weighted by Crippen LogP contribution is -2.15. The standard InChI is InChI=1S/C55H41N/c1-55(2)50-35-34-44(37-49(50)54-46(30-17-32-51(54)55)40-22-10-5-11-23-40)56(43-27-14-26-42(36-43)38-18-6-3-7-19-38)52-33-13-12-28-47(52)48-31-16-25-41-24-15-29-45(53(41)48)39-20-8-4-9-21-39/h3-37H,1-2H3. The molecule has 1 aliphatic rings. The van der Waals surface area contributed by atoms with Crippen molar-refractivity contribution in [3.8, 4) is 55.6 Å². The molecule has 0 unspecified atom stereocenters. The summed E-state index contributed by atoms with van der Waals surface area (Å²) < 4.78 is 0. The van der Waals surface area contributed by atoms with Crippen LogP contribution in [0.5, 0.6) is 0 Å². The minimum absolute atomic E-state index is 0.138. The van der Waals surface area contributed by atoms with E-state index >= 15 is 0 Å². The van der Waals surface area contributed by atoms with Gasteiger partial charge >= 0.3 is 0 Å². The zero-order valence-corrected chi connectivity index (χ0v) is 31.7. The SMILES string of the molecule is CC1(C)c2ccc(N(c3cccc(-c4ccccc4)c3)c3ccccc3-c3cccc4cccc(-c5ccccc5)c34)cc2-c2c(-c3ccccc3)cccc21. The average Bonchev–Trinajstić information content (AvgIpc) is 3.50. The third kappa shape index (κ3) is 5.63. The number of benzene rings is 9. The van der Waals surface area contributed by atoms with Gasteiger partial charge in [0.1, 0.15) is 0 Å². The summed E-state index contributed by atoms with van der Waals surface area (Å²) in [6.45, 7) is 4.74. The van der Waals surface area contributed by atoms with Gasteiger partial charge in [-0.25, -0.2) is 0 Å². The highest BCUT2D eigenvalue weighted by Crippen LogP contribution is 2.54. The monoisotopic (exact) mass is 715 g/mol. The molecule has 1 heteroatoms. The van der Waals surface area contributed by atoms with Crippen LogP contribution in [-0.2, 0) is 5.41 Å². The summed E-state index contributed by atoms with van der Waals surface area (Å²) in [6, 6.07) is 77.6. The van der Waals surface area contributed by atoms with Crippen molar-refractivity contribution in [2.24, 2.45) is 0 Å². The fraction of sp³-hybridized carbons (Fsp3) is 0.0545. The molecule has 0 N–H and O–H groups in total. The van der Waals surface area contributed by atoms with Crippen molar-refractivity contribution in [3.63, 3.8) is 0 Å². The quantitative estimate of drug-likeness (QED) is 0.159. The topological polar surface area (TPSA) is 3.24 Å². The molecular formula is C55H41N. The molecule has 0 heterocycles. The highest BCUT2D eigenvalue weighted by molar-refractivity contribution is 6.09. The second kappa shape index (κ2) is 13.7. The van der Waals surface area contributed by atoms with Gasteiger partial charge in [-0.15, -0.1) is 0 Å². The average molecular weight is 716 g/mol. The maximum atomic E-state index is 2.47. The van der Waals surface area contributed by atoms with Crippen LogP contribution < -0.4 is 4.90 Å². The molecule has 10 rings (SSSR count). The van der Waals surface area contributed by atoms with Gasteiger partial charge in [-0.05, 0) is 102 Å². The smallest absolute Gasteiger partial charge is 0.0540 e. The van der Waals surface area contributed by atoms with Crippen molar-refractivity contribution in [2.75, 3.05) is 4.90 Å². The van der Waals surface area contributed by atoms with Crippen LogP contribution >= 0.6 is 0 Å². The van der Waals surface area contributed by atoms with E-state index in [1.165, 1.54) is 77.5 Å². The first kappa shape index (κ1) is 33.6. The Kier molecular flexibility index (Phi) is 8.23. The molecule has 0 aromatic heterocycles. The molecule has 0 spiro atoms. The van der Waals surface area contributed by atoms with Crippen LogP contribution in [0.2, 0.25) is 0 Å². The number of hydrogen-bond acceptors (Lipinski definition) is 1. The first-order valence-corrected chi connectivity index (χ1v) is 19.5. The number of nitrogens with zero attached hydrogens (tertiary/aromatic N) is 1. The molecule has 0 saturated carbocycles. The summed E-state index contributed by atoms with van der Waals surface area (Å²) in [6.07, 6.45) is 0. The van der Waals surface area contributed by atoms with Crippen LogP contribution in [0.1, 0.15) is 25.0 Å². The van der Waals surface area contributed by atoms with Crippen molar-refractivity contribution in [3.05, 3.63) is 223 Å². The van der Waals surface area contributed by atoms with E-state index in [9.17, 15) is 0 Å². The van der Waals surface area contributed by atoms with Crippen LogP contribution in [0.25, 0.3) is 66.4 Å². The van der Waals surface area contributed by atoms with Crippen LogP contribution in [0.15, 0.2) is 212 Å². The molecule has 0 saturated heterocycles. The van der Waals surface area contributed by atoms with Crippen molar-refractivity contribution in [2.45, 2.75) is 19.3 Å². The van der Waals surface area contributed by atoms with Gasteiger partial charge < -0.3 is 4.90 Å². The molecule has 0 aliphatic heterocycles. The lowest BCUT2D eigenvalue weighted by Gasteiger charge is -2.30. The van der Waals surface area contributed by atoms with Crippen molar-refractivity contribution >= 4 is 27.8 Å². The van der Waals surface area contributed by atoms with Gasteiger partial charge in [0.2, 0.25) is 0 Å². The van der Waals surface area contributed by atoms with Gasteiger partial charge in [0.25, 0.3) is 0 Å². The number of anilines is 3. The second-order valence-electron chi connectivity index (χ2n) is 15.3. The van der Waals surface area contributed by atoms with Gasteiger partial charge in [-0.1, -0.05) is 196 Å². The summed E-state index contributed by atoms with van der Waals surface area (Å²) in [5.74, 6) is 0. The predicted octanol–water partition coefficient (Wildman–Crippen LogP) is 15.3. The summed E-state index contributed by atoms with van der Waals surface area (Å²) in [5.41, 5.74) is 18.3. The van der Waals surface area contributed by atoms with E-state index in [-0.39, 0.29) is 5.41 Å². The van der Waals surface area contributed by atoms with E-state index in [0.29, 0.717) is 0 Å². The van der Waals surface area contributed by atoms with Crippen LogP contribution in [-0.4, -0.2) is 0 Å². The first-order chi connectivity index (χ1) is 27.6. The highest BCUT2D eigenvalue weighted by Gasteiger charge is 2.37. The van der Waals surface area contributed by atoms with E-state index in [1.54, 1.807) is 0 Å². The van der Waals surface area contributed by atoms with Crippen LogP contribution in [0, 0.1) is 0 Å². The summed E-state index contributed by atoms with van der Waals surface area (Å²) in [5, 5.41) is 2.48.